The fourth-order valence-electron chi connectivity index (χ4n) is 14.2. The van der Waals surface area contributed by atoms with Crippen molar-refractivity contribution in [2.24, 2.45) is 0 Å². The first-order valence-electron chi connectivity index (χ1n) is 31.6. The minimum atomic E-state index is -0.453. The summed E-state index contributed by atoms with van der Waals surface area (Å²) in [6.45, 7) is 28.2. The highest BCUT2D eigenvalue weighted by Crippen LogP contribution is 2.41. The number of aromatic nitrogens is 2. The van der Waals surface area contributed by atoms with E-state index in [1.165, 1.54) is 24.3 Å². The number of pyridine rings is 2. The molecule has 6 aliphatic rings. The molecule has 20 heteroatoms. The number of unbranched alkanes of at least 4 members (excludes halogenated alkanes) is 3. The molecule has 86 heavy (non-hydrogen) atoms. The van der Waals surface area contributed by atoms with Crippen molar-refractivity contribution in [1.29, 1.82) is 0 Å². The van der Waals surface area contributed by atoms with Gasteiger partial charge < -0.3 is 40.2 Å². The molecule has 2 unspecified atom stereocenters. The van der Waals surface area contributed by atoms with Gasteiger partial charge >= 0.3 is 0 Å². The zero-order chi connectivity index (χ0) is 61.2. The van der Waals surface area contributed by atoms with Crippen LogP contribution in [0.25, 0.3) is 0 Å². The summed E-state index contributed by atoms with van der Waals surface area (Å²) in [5.41, 5.74) is 4.40. The van der Waals surface area contributed by atoms with Gasteiger partial charge in [0.15, 0.2) is 0 Å². The Kier molecular flexibility index (Phi) is 19.6. The van der Waals surface area contributed by atoms with Crippen molar-refractivity contribution < 1.29 is 28.0 Å². The van der Waals surface area contributed by atoms with E-state index in [1.807, 2.05) is 35.8 Å². The predicted molar refractivity (Wildman–Crippen MR) is 332 cm³/mol. The first-order chi connectivity index (χ1) is 41.0. The van der Waals surface area contributed by atoms with Crippen LogP contribution in [0.15, 0.2) is 70.3 Å². The second-order valence-corrected chi connectivity index (χ2v) is 27.2. The van der Waals surface area contributed by atoms with Gasteiger partial charge in [0, 0.05) is 180 Å². The van der Waals surface area contributed by atoms with E-state index in [0.717, 1.165) is 93.3 Å². The molecule has 4 saturated heterocycles. The number of carbonyl (C=O) groups excluding carboxylic acids is 4. The molecule has 0 spiro atoms. The van der Waals surface area contributed by atoms with Crippen molar-refractivity contribution in [1.82, 2.24) is 50.0 Å². The largest absolute Gasteiger partial charge is 0.333 e. The fraction of sp³-hybridized carbons (Fsp3) is 0.606. The topological polar surface area (TPSA) is 184 Å². The number of hydrogen-bond donors (Lipinski definition) is 4. The van der Waals surface area contributed by atoms with Crippen molar-refractivity contribution >= 4 is 34.9 Å². The molecule has 4 N–H and O–H groups in total. The van der Waals surface area contributed by atoms with Crippen LogP contribution in [0.4, 0.5) is 20.2 Å². The van der Waals surface area contributed by atoms with Crippen LogP contribution in [0, 0.1) is 11.6 Å². The van der Waals surface area contributed by atoms with Crippen molar-refractivity contribution in [2.75, 3.05) is 121 Å². The van der Waals surface area contributed by atoms with Gasteiger partial charge in [0.2, 0.25) is 17.6 Å². The number of rotatable bonds is 20. The standard InChI is InChI=1S/C66H92F2N12O6/c1-43-33-77(39-58(82)79-41-65(5,6)60-55(79)29-49(62(84)71-60)27-47-14-18-51(67)19-15-47)53(31-69-43)37-74-24-23-73(35-45(74)3)22-12-10-9-11-13-57(81)64(86)76-26-25-75(46(4)36-76)38-54-32-70-44(2)34-78(54)40-59(83)80-42-66(7,8)61-56(80)30-50(63(85)72-61)28-48-16-20-52(68)21-17-48/h14-21,29-30,43-46,53-54,69-70H,9-13,22-28,31-42H2,1-8H3,(H,71,84)(H,72,85)/t43-,44-,45?,46?,53-,54-/m1/s1. The quantitative estimate of drug-likeness (QED) is 0.0697. The molecule has 6 atom stereocenters. The molecule has 3 amide bonds. The summed E-state index contributed by atoms with van der Waals surface area (Å²) >= 11 is 0. The highest BCUT2D eigenvalue weighted by atomic mass is 19.1. The molecule has 4 fully saturated rings. The van der Waals surface area contributed by atoms with Gasteiger partial charge in [-0.2, -0.15) is 0 Å². The summed E-state index contributed by atoms with van der Waals surface area (Å²) in [5.74, 6) is -1.38. The zero-order valence-corrected chi connectivity index (χ0v) is 52.0. The van der Waals surface area contributed by atoms with E-state index in [0.29, 0.717) is 94.5 Å². The third-order valence-corrected chi connectivity index (χ3v) is 19.2. The number of carbonyl (C=O) groups is 4. The first kappa shape index (κ1) is 63.0. The van der Waals surface area contributed by atoms with E-state index < -0.39 is 10.8 Å². The van der Waals surface area contributed by atoms with Crippen molar-refractivity contribution in [2.45, 2.75) is 147 Å². The fourth-order valence-corrected chi connectivity index (χ4v) is 14.2. The van der Waals surface area contributed by atoms with E-state index in [1.54, 1.807) is 29.2 Å². The Balaban J connectivity index is 0.634. The van der Waals surface area contributed by atoms with E-state index in [2.05, 4.69) is 86.6 Å². The predicted octanol–water partition coefficient (Wildman–Crippen LogP) is 4.85. The average molecular weight is 1190 g/mol. The van der Waals surface area contributed by atoms with Crippen LogP contribution in [-0.2, 0) is 42.8 Å². The Bertz CT molecular complexity index is 3210. The molecule has 18 nitrogen and oxygen atoms in total. The van der Waals surface area contributed by atoms with Crippen LogP contribution >= 0.6 is 0 Å². The molecule has 0 bridgehead atoms. The molecule has 0 saturated carbocycles. The minimum absolute atomic E-state index is 0.0167. The molecule has 2 aromatic heterocycles. The van der Waals surface area contributed by atoms with Gasteiger partial charge in [-0.3, -0.25) is 48.4 Å². The van der Waals surface area contributed by atoms with Gasteiger partial charge in [0.25, 0.3) is 17.0 Å². The maximum absolute atomic E-state index is 14.4. The van der Waals surface area contributed by atoms with Crippen molar-refractivity contribution in [3.63, 3.8) is 0 Å². The lowest BCUT2D eigenvalue weighted by atomic mass is 9.91. The second kappa shape index (κ2) is 26.8. The highest BCUT2D eigenvalue weighted by molar-refractivity contribution is 6.36. The monoisotopic (exact) mass is 1190 g/mol. The van der Waals surface area contributed by atoms with Gasteiger partial charge in [0.05, 0.1) is 24.5 Å². The van der Waals surface area contributed by atoms with Crippen LogP contribution in [0.5, 0.6) is 0 Å². The average Bonchev–Trinajstić information content (AvgIpc) is 1.96. The van der Waals surface area contributed by atoms with E-state index in [-0.39, 0.29) is 96.0 Å². The van der Waals surface area contributed by atoms with Crippen molar-refractivity contribution in [3.05, 3.63) is 127 Å². The molecule has 0 aliphatic carbocycles. The molecule has 4 aromatic rings. The normalized spacial score (nSPS) is 24.7. The Morgan fingerprint density at radius 1 is 0.558 bits per heavy atom. The minimum Gasteiger partial charge on any atom is -0.333 e. The summed E-state index contributed by atoms with van der Waals surface area (Å²) in [7, 11) is 0. The molecule has 466 valence electrons. The maximum Gasteiger partial charge on any atom is 0.290 e. The van der Waals surface area contributed by atoms with Gasteiger partial charge in [-0.1, -0.05) is 64.8 Å². The Morgan fingerprint density at radius 2 is 1.01 bits per heavy atom. The number of hydrogen-bond acceptors (Lipinski definition) is 13. The number of benzene rings is 2. The van der Waals surface area contributed by atoms with E-state index in [9.17, 15) is 37.5 Å². The Hall–Kier alpha value is -6.00. The molecule has 6 aliphatic heterocycles. The summed E-state index contributed by atoms with van der Waals surface area (Å²) < 4.78 is 27.3. The summed E-state index contributed by atoms with van der Waals surface area (Å²) in [4.78, 5) is 106. The number of amides is 3. The van der Waals surface area contributed by atoms with Gasteiger partial charge in [-0.25, -0.2) is 8.78 Å². The number of anilines is 2. The molecular weight excluding hydrogens is 1090 g/mol. The number of fused-ring (bicyclic) bond motifs is 2. The number of aromatic amines is 2. The summed E-state index contributed by atoms with van der Waals surface area (Å²) in [6.07, 6.45) is 4.51. The summed E-state index contributed by atoms with van der Waals surface area (Å²) in [6, 6.07) is 17.0. The number of ketones is 1. The SMILES string of the molecule is CC1CN(CCCCCCC(=O)C(=O)N2CCN(C[C@H]3CN[C@H](C)CN3CC(=O)N3CC(C)(C)c4[nH]c(=O)c(Cc5ccc(F)cc5)cc43)C(C)C2)CCN1C[C@H]1CN[C@H](C)CN1CC(=O)N1CC(C)(C)c2[nH]c(=O)c(Cc3ccc(F)cc3)cc21. The van der Waals surface area contributed by atoms with Crippen molar-refractivity contribution in [3.8, 4) is 0 Å². The molecule has 2 aromatic carbocycles. The first-order valence-corrected chi connectivity index (χ1v) is 31.6. The molecule has 10 rings (SSSR count). The van der Waals surface area contributed by atoms with Crippen LogP contribution in [-0.4, -0.2) is 210 Å². The lowest BCUT2D eigenvalue weighted by Crippen LogP contribution is -2.63. The van der Waals surface area contributed by atoms with Crippen LogP contribution in [0.3, 0.4) is 0 Å². The number of nitrogens with one attached hydrogen (secondary N) is 4. The lowest BCUT2D eigenvalue weighted by molar-refractivity contribution is -0.146. The third kappa shape index (κ3) is 14.8. The lowest BCUT2D eigenvalue weighted by Gasteiger charge is -2.45. The van der Waals surface area contributed by atoms with Gasteiger partial charge in [-0.15, -0.1) is 0 Å². The molecule has 8 heterocycles. The number of halogens is 2. The number of H-pyrrole nitrogens is 2. The number of nitrogens with zero attached hydrogens (tertiary/aromatic N) is 8. The van der Waals surface area contributed by atoms with E-state index in [4.69, 9.17) is 0 Å². The summed E-state index contributed by atoms with van der Waals surface area (Å²) in [5, 5.41) is 7.28. The third-order valence-electron chi connectivity index (χ3n) is 19.2. The van der Waals surface area contributed by atoms with Gasteiger partial charge in [0.1, 0.15) is 11.6 Å². The zero-order valence-electron chi connectivity index (χ0n) is 52.0. The van der Waals surface area contributed by atoms with Crippen LogP contribution < -0.4 is 31.6 Å². The highest BCUT2D eigenvalue weighted by Gasteiger charge is 2.44. The van der Waals surface area contributed by atoms with Crippen LogP contribution in [0.2, 0.25) is 0 Å². The molecule has 0 radical (unpaired) electrons. The van der Waals surface area contributed by atoms with Gasteiger partial charge in [-0.05, 0) is 94.6 Å². The Labute approximate surface area is 506 Å². The molecular formula is C66H92F2N12O6. The second-order valence-electron chi connectivity index (χ2n) is 27.2. The van der Waals surface area contributed by atoms with E-state index >= 15 is 0 Å². The number of piperazine rings is 4. The van der Waals surface area contributed by atoms with Crippen LogP contribution in [0.1, 0.15) is 121 Å². The Morgan fingerprint density at radius 3 is 1.48 bits per heavy atom. The number of Topliss-reactive ketones (excluding diaryl/α,β-unsaturated/α-hetero) is 1. The maximum atomic E-state index is 14.4. The smallest absolute Gasteiger partial charge is 0.290 e.